The molecule has 0 radical (unpaired) electrons. The van der Waals surface area contributed by atoms with E-state index in [-0.39, 0.29) is 30.6 Å². The van der Waals surface area contributed by atoms with Gasteiger partial charge in [0.15, 0.2) is 0 Å². The van der Waals surface area contributed by atoms with Crippen molar-refractivity contribution in [3.05, 3.63) is 80.0 Å². The van der Waals surface area contributed by atoms with E-state index in [1.54, 1.807) is 48.5 Å². The molecule has 0 aliphatic carbocycles. The Kier molecular flexibility index (Phi) is 6.28. The first kappa shape index (κ1) is 21.4. The third-order valence-corrected chi connectivity index (χ3v) is 6.35. The van der Waals surface area contributed by atoms with Gasteiger partial charge in [-0.3, -0.25) is 18.7 Å². The number of para-hydroxylation sites is 1. The number of carbonyl (C=O) groups is 1. The first-order chi connectivity index (χ1) is 15.0. The fourth-order valence-electron chi connectivity index (χ4n) is 4.41. The molecule has 1 atom stereocenters. The highest BCUT2D eigenvalue weighted by Crippen LogP contribution is 2.20. The lowest BCUT2D eigenvalue weighted by Gasteiger charge is -2.35. The zero-order chi connectivity index (χ0) is 22.0. The number of aromatic nitrogens is 2. The molecule has 1 aliphatic heterocycles. The summed E-state index contributed by atoms with van der Waals surface area (Å²) in [6, 6.07) is 14.2. The average Bonchev–Trinajstić information content (AvgIpc) is 2.80. The van der Waals surface area contributed by atoms with Gasteiger partial charge in [0.1, 0.15) is 6.54 Å². The summed E-state index contributed by atoms with van der Waals surface area (Å²) < 4.78 is 2.64. The molecule has 1 fully saturated rings. The fraction of sp³-hybridized carbons (Fsp3) is 0.375. The maximum Gasteiger partial charge on any atom is 0.332 e. The highest BCUT2D eigenvalue weighted by molar-refractivity contribution is 6.30. The molecule has 7 heteroatoms. The molecule has 0 bridgehead atoms. The molecule has 162 valence electrons. The van der Waals surface area contributed by atoms with Gasteiger partial charge in [0.05, 0.1) is 17.4 Å². The number of carbonyl (C=O) groups excluding carboxylic acids is 1. The van der Waals surface area contributed by atoms with Crippen LogP contribution in [0.3, 0.4) is 0 Å². The first-order valence-corrected chi connectivity index (χ1v) is 11.1. The molecule has 3 aromatic rings. The van der Waals surface area contributed by atoms with Gasteiger partial charge in [0, 0.05) is 17.6 Å². The number of piperidine rings is 1. The molecule has 2 aromatic carbocycles. The Balaban J connectivity index is 1.77. The number of hydrogen-bond donors (Lipinski definition) is 0. The van der Waals surface area contributed by atoms with Crippen LogP contribution in [-0.4, -0.2) is 32.5 Å². The minimum Gasteiger partial charge on any atom is -0.338 e. The molecule has 1 aliphatic rings. The summed E-state index contributed by atoms with van der Waals surface area (Å²) in [4.78, 5) is 41.6. The molecule has 4 rings (SSSR count). The number of likely N-dealkylation sites (tertiary alicyclic amines) is 1. The molecule has 0 unspecified atom stereocenters. The minimum absolute atomic E-state index is 0.0727. The van der Waals surface area contributed by atoms with Crippen molar-refractivity contribution in [1.29, 1.82) is 0 Å². The highest BCUT2D eigenvalue weighted by Gasteiger charge is 2.26. The Morgan fingerprint density at radius 1 is 1.03 bits per heavy atom. The third kappa shape index (κ3) is 4.30. The second-order valence-electron chi connectivity index (χ2n) is 8.05. The number of amides is 1. The Morgan fingerprint density at radius 3 is 2.52 bits per heavy atom. The summed E-state index contributed by atoms with van der Waals surface area (Å²) in [6.45, 7) is 2.85. The Hall–Kier alpha value is -2.86. The zero-order valence-electron chi connectivity index (χ0n) is 17.6. The number of fused-ring (bicyclic) bond motifs is 1. The summed E-state index contributed by atoms with van der Waals surface area (Å²) >= 11 is 5.96. The summed E-state index contributed by atoms with van der Waals surface area (Å²) in [5.74, 6) is -0.0736. The molecular weight excluding hydrogens is 414 g/mol. The molecule has 2 heterocycles. The number of halogens is 1. The summed E-state index contributed by atoms with van der Waals surface area (Å²) in [7, 11) is 0. The monoisotopic (exact) mass is 439 g/mol. The molecule has 1 aromatic heterocycles. The molecular formula is C24H26ClN3O3. The van der Waals surface area contributed by atoms with Crippen LogP contribution in [0.25, 0.3) is 10.9 Å². The van der Waals surface area contributed by atoms with Crippen LogP contribution in [-0.2, 0) is 17.9 Å². The van der Waals surface area contributed by atoms with E-state index in [1.807, 2.05) is 4.90 Å². The van der Waals surface area contributed by atoms with Gasteiger partial charge in [-0.1, -0.05) is 42.8 Å². The fourth-order valence-corrected chi connectivity index (χ4v) is 4.54. The number of benzene rings is 2. The summed E-state index contributed by atoms with van der Waals surface area (Å²) in [6.07, 6.45) is 4.00. The van der Waals surface area contributed by atoms with Crippen LogP contribution >= 0.6 is 11.6 Å². The lowest BCUT2D eigenvalue weighted by Crippen LogP contribution is -2.47. The van der Waals surface area contributed by atoms with Crippen molar-refractivity contribution in [2.75, 3.05) is 6.54 Å². The molecule has 0 N–H and O–H groups in total. The number of nitrogens with zero attached hydrogens (tertiary/aromatic N) is 3. The topological polar surface area (TPSA) is 64.3 Å². The van der Waals surface area contributed by atoms with Gasteiger partial charge in [0.25, 0.3) is 5.56 Å². The van der Waals surface area contributed by atoms with Crippen LogP contribution in [0.5, 0.6) is 0 Å². The molecule has 1 saturated heterocycles. The van der Waals surface area contributed by atoms with E-state index in [0.717, 1.165) is 31.2 Å². The van der Waals surface area contributed by atoms with Gasteiger partial charge in [-0.05, 0) is 55.5 Å². The molecule has 0 saturated carbocycles. The van der Waals surface area contributed by atoms with E-state index < -0.39 is 5.69 Å². The number of rotatable bonds is 5. The Bertz CT molecular complexity index is 1210. The summed E-state index contributed by atoms with van der Waals surface area (Å²) in [5.41, 5.74) is 0.447. The SMILES string of the molecule is CC[C@H]1CCCCN1C(=O)Cn1c(=O)n(Cc2ccc(Cl)cc2)c(=O)c2ccccc21. The predicted molar refractivity (Wildman–Crippen MR) is 123 cm³/mol. The van der Waals surface area contributed by atoms with Crippen LogP contribution < -0.4 is 11.2 Å². The number of hydrogen-bond acceptors (Lipinski definition) is 3. The molecule has 31 heavy (non-hydrogen) atoms. The summed E-state index contributed by atoms with van der Waals surface area (Å²) in [5, 5.41) is 1.01. The van der Waals surface area contributed by atoms with E-state index >= 15 is 0 Å². The molecule has 1 amide bonds. The van der Waals surface area contributed by atoms with Crippen LogP contribution in [0.15, 0.2) is 58.1 Å². The van der Waals surface area contributed by atoms with E-state index in [1.165, 1.54) is 9.13 Å². The second-order valence-corrected chi connectivity index (χ2v) is 8.49. The highest BCUT2D eigenvalue weighted by atomic mass is 35.5. The van der Waals surface area contributed by atoms with Crippen LogP contribution in [0, 0.1) is 0 Å². The Morgan fingerprint density at radius 2 is 1.77 bits per heavy atom. The smallest absolute Gasteiger partial charge is 0.332 e. The van der Waals surface area contributed by atoms with Gasteiger partial charge >= 0.3 is 5.69 Å². The Labute approximate surface area is 185 Å². The maximum atomic E-state index is 13.4. The minimum atomic E-state index is -0.475. The van der Waals surface area contributed by atoms with E-state index in [2.05, 4.69) is 6.92 Å². The van der Waals surface area contributed by atoms with Crippen molar-refractivity contribution >= 4 is 28.4 Å². The first-order valence-electron chi connectivity index (χ1n) is 10.8. The molecule has 6 nitrogen and oxygen atoms in total. The van der Waals surface area contributed by atoms with Gasteiger partial charge < -0.3 is 4.90 Å². The van der Waals surface area contributed by atoms with Crippen LogP contribution in [0.1, 0.15) is 38.2 Å². The third-order valence-electron chi connectivity index (χ3n) is 6.10. The lowest BCUT2D eigenvalue weighted by atomic mass is 10.00. The van der Waals surface area contributed by atoms with E-state index in [4.69, 9.17) is 11.6 Å². The van der Waals surface area contributed by atoms with Gasteiger partial charge in [-0.15, -0.1) is 0 Å². The normalized spacial score (nSPS) is 16.6. The van der Waals surface area contributed by atoms with Crippen LogP contribution in [0.4, 0.5) is 0 Å². The standard InChI is InChI=1S/C24H26ClN3O3/c1-2-19-7-5-6-14-26(19)22(29)16-27-21-9-4-3-8-20(21)23(30)28(24(27)31)15-17-10-12-18(25)13-11-17/h3-4,8-13,19H,2,5-7,14-16H2,1H3/t19-/m0/s1. The van der Waals surface area contributed by atoms with E-state index in [9.17, 15) is 14.4 Å². The predicted octanol–water partition coefficient (Wildman–Crippen LogP) is 3.66. The van der Waals surface area contributed by atoms with Gasteiger partial charge in [-0.25, -0.2) is 4.79 Å². The molecule has 0 spiro atoms. The van der Waals surface area contributed by atoms with Crippen molar-refractivity contribution < 1.29 is 4.79 Å². The van der Waals surface area contributed by atoms with Crippen LogP contribution in [0.2, 0.25) is 5.02 Å². The van der Waals surface area contributed by atoms with Gasteiger partial charge in [-0.2, -0.15) is 0 Å². The lowest BCUT2D eigenvalue weighted by molar-refractivity contribution is -0.135. The van der Waals surface area contributed by atoms with Crippen molar-refractivity contribution in [2.24, 2.45) is 0 Å². The van der Waals surface area contributed by atoms with Crippen molar-refractivity contribution in [2.45, 2.75) is 51.7 Å². The van der Waals surface area contributed by atoms with Gasteiger partial charge in [0.2, 0.25) is 5.91 Å². The van der Waals surface area contributed by atoms with Crippen molar-refractivity contribution in [3.8, 4) is 0 Å². The van der Waals surface area contributed by atoms with Crippen molar-refractivity contribution in [1.82, 2.24) is 14.0 Å². The largest absolute Gasteiger partial charge is 0.338 e. The van der Waals surface area contributed by atoms with E-state index in [0.29, 0.717) is 22.5 Å². The second kappa shape index (κ2) is 9.10. The van der Waals surface area contributed by atoms with Crippen molar-refractivity contribution in [3.63, 3.8) is 0 Å². The maximum absolute atomic E-state index is 13.4. The quantitative estimate of drug-likeness (QED) is 0.609. The average molecular weight is 440 g/mol. The zero-order valence-corrected chi connectivity index (χ0v) is 18.3.